The SMILES string of the molecule is CCCC1(C(=O)Nc2ccc(CO)cc2)CCNC1. The van der Waals surface area contributed by atoms with Crippen molar-refractivity contribution >= 4 is 11.6 Å². The number of carbonyl (C=O) groups excluding carboxylic acids is 1. The lowest BCUT2D eigenvalue weighted by atomic mass is 9.81. The molecular weight excluding hydrogens is 240 g/mol. The summed E-state index contributed by atoms with van der Waals surface area (Å²) in [7, 11) is 0. The highest BCUT2D eigenvalue weighted by Gasteiger charge is 2.40. The van der Waals surface area contributed by atoms with E-state index in [1.807, 2.05) is 24.3 Å². The van der Waals surface area contributed by atoms with E-state index in [0.717, 1.165) is 43.6 Å². The summed E-state index contributed by atoms with van der Waals surface area (Å²) in [4.78, 5) is 12.5. The van der Waals surface area contributed by atoms with Gasteiger partial charge in [0.1, 0.15) is 0 Å². The van der Waals surface area contributed by atoms with Crippen LogP contribution in [0.5, 0.6) is 0 Å². The summed E-state index contributed by atoms with van der Waals surface area (Å²) in [6.07, 6.45) is 2.83. The minimum atomic E-state index is -0.260. The molecule has 1 aromatic rings. The lowest BCUT2D eigenvalue weighted by Gasteiger charge is -2.26. The number of aliphatic hydroxyl groups is 1. The molecule has 4 heteroatoms. The van der Waals surface area contributed by atoms with E-state index in [-0.39, 0.29) is 17.9 Å². The van der Waals surface area contributed by atoms with Gasteiger partial charge in [0, 0.05) is 12.2 Å². The van der Waals surface area contributed by atoms with Crippen LogP contribution in [0.15, 0.2) is 24.3 Å². The van der Waals surface area contributed by atoms with Crippen molar-refractivity contribution < 1.29 is 9.90 Å². The van der Waals surface area contributed by atoms with Crippen LogP contribution >= 0.6 is 0 Å². The molecule has 1 amide bonds. The topological polar surface area (TPSA) is 61.4 Å². The normalized spacial score (nSPS) is 22.4. The first-order valence-corrected chi connectivity index (χ1v) is 6.92. The van der Waals surface area contributed by atoms with Gasteiger partial charge in [-0.1, -0.05) is 25.5 Å². The fraction of sp³-hybridized carbons (Fsp3) is 0.533. The lowest BCUT2D eigenvalue weighted by Crippen LogP contribution is -2.38. The number of hydrogen-bond acceptors (Lipinski definition) is 3. The number of anilines is 1. The van der Waals surface area contributed by atoms with Crippen molar-refractivity contribution in [2.45, 2.75) is 32.8 Å². The predicted molar refractivity (Wildman–Crippen MR) is 75.8 cm³/mol. The van der Waals surface area contributed by atoms with E-state index in [0.29, 0.717) is 0 Å². The van der Waals surface area contributed by atoms with E-state index in [4.69, 9.17) is 5.11 Å². The van der Waals surface area contributed by atoms with E-state index in [1.165, 1.54) is 0 Å². The molecule has 0 aromatic heterocycles. The van der Waals surface area contributed by atoms with Crippen molar-refractivity contribution in [3.63, 3.8) is 0 Å². The van der Waals surface area contributed by atoms with Gasteiger partial charge in [0.15, 0.2) is 0 Å². The van der Waals surface area contributed by atoms with Gasteiger partial charge in [0.05, 0.1) is 12.0 Å². The number of rotatable bonds is 5. The number of nitrogens with one attached hydrogen (secondary N) is 2. The first kappa shape index (κ1) is 14.0. The minimum absolute atomic E-state index is 0.0257. The molecule has 0 saturated carbocycles. The van der Waals surface area contributed by atoms with Gasteiger partial charge in [-0.3, -0.25) is 4.79 Å². The number of aliphatic hydroxyl groups excluding tert-OH is 1. The zero-order valence-electron chi connectivity index (χ0n) is 11.4. The van der Waals surface area contributed by atoms with Crippen molar-refractivity contribution in [2.24, 2.45) is 5.41 Å². The van der Waals surface area contributed by atoms with Gasteiger partial charge in [0.25, 0.3) is 0 Å². The molecule has 0 aliphatic carbocycles. The smallest absolute Gasteiger partial charge is 0.231 e. The Kier molecular flexibility index (Phi) is 4.56. The third-order valence-corrected chi connectivity index (χ3v) is 3.85. The van der Waals surface area contributed by atoms with Crippen LogP contribution in [-0.2, 0) is 11.4 Å². The molecule has 1 unspecified atom stereocenters. The quantitative estimate of drug-likeness (QED) is 0.759. The minimum Gasteiger partial charge on any atom is -0.392 e. The average Bonchev–Trinajstić information content (AvgIpc) is 2.90. The Morgan fingerprint density at radius 2 is 2.16 bits per heavy atom. The third kappa shape index (κ3) is 3.14. The number of amides is 1. The highest BCUT2D eigenvalue weighted by atomic mass is 16.3. The Labute approximate surface area is 114 Å². The van der Waals surface area contributed by atoms with Crippen LogP contribution in [0.2, 0.25) is 0 Å². The second-order valence-electron chi connectivity index (χ2n) is 5.27. The maximum Gasteiger partial charge on any atom is 0.231 e. The number of carbonyl (C=O) groups is 1. The molecule has 1 saturated heterocycles. The maximum atomic E-state index is 12.5. The summed E-state index contributed by atoms with van der Waals surface area (Å²) in [5, 5.41) is 15.3. The van der Waals surface area contributed by atoms with Crippen LogP contribution in [0.4, 0.5) is 5.69 Å². The molecule has 4 nitrogen and oxygen atoms in total. The molecule has 19 heavy (non-hydrogen) atoms. The molecule has 0 spiro atoms. The Morgan fingerprint density at radius 1 is 1.42 bits per heavy atom. The van der Waals surface area contributed by atoms with Crippen LogP contribution in [0, 0.1) is 5.41 Å². The van der Waals surface area contributed by atoms with Crippen molar-refractivity contribution in [3.8, 4) is 0 Å². The van der Waals surface area contributed by atoms with E-state index >= 15 is 0 Å². The van der Waals surface area contributed by atoms with Crippen molar-refractivity contribution in [2.75, 3.05) is 18.4 Å². The summed E-state index contributed by atoms with van der Waals surface area (Å²) < 4.78 is 0. The van der Waals surface area contributed by atoms with Gasteiger partial charge >= 0.3 is 0 Å². The zero-order valence-corrected chi connectivity index (χ0v) is 11.4. The summed E-state index contributed by atoms with van der Waals surface area (Å²) in [6, 6.07) is 7.33. The number of benzene rings is 1. The van der Waals surface area contributed by atoms with Crippen LogP contribution in [0.3, 0.4) is 0 Å². The van der Waals surface area contributed by atoms with Crippen LogP contribution < -0.4 is 10.6 Å². The first-order valence-electron chi connectivity index (χ1n) is 6.92. The second kappa shape index (κ2) is 6.17. The van der Waals surface area contributed by atoms with Crippen molar-refractivity contribution in [1.82, 2.24) is 5.32 Å². The molecule has 2 rings (SSSR count). The lowest BCUT2D eigenvalue weighted by molar-refractivity contribution is -0.125. The third-order valence-electron chi connectivity index (χ3n) is 3.85. The second-order valence-corrected chi connectivity index (χ2v) is 5.27. The van der Waals surface area contributed by atoms with E-state index in [2.05, 4.69) is 17.6 Å². The summed E-state index contributed by atoms with van der Waals surface area (Å²) in [5.41, 5.74) is 1.39. The van der Waals surface area contributed by atoms with E-state index in [1.54, 1.807) is 0 Å². The molecule has 1 aliphatic rings. The monoisotopic (exact) mass is 262 g/mol. The standard InChI is InChI=1S/C15H22N2O2/c1-2-7-15(8-9-16-11-15)14(19)17-13-5-3-12(10-18)4-6-13/h3-6,16,18H,2,7-11H2,1H3,(H,17,19). The fourth-order valence-corrected chi connectivity index (χ4v) is 2.70. The Hall–Kier alpha value is -1.39. The molecule has 0 bridgehead atoms. The van der Waals surface area contributed by atoms with Gasteiger partial charge < -0.3 is 15.7 Å². The molecule has 1 atom stereocenters. The highest BCUT2D eigenvalue weighted by molar-refractivity contribution is 5.95. The molecular formula is C15H22N2O2. The largest absolute Gasteiger partial charge is 0.392 e. The fourth-order valence-electron chi connectivity index (χ4n) is 2.70. The van der Waals surface area contributed by atoms with Crippen molar-refractivity contribution in [1.29, 1.82) is 0 Å². The Balaban J connectivity index is 2.05. The van der Waals surface area contributed by atoms with Gasteiger partial charge in [0.2, 0.25) is 5.91 Å². The van der Waals surface area contributed by atoms with E-state index < -0.39 is 0 Å². The molecule has 0 radical (unpaired) electrons. The van der Waals surface area contributed by atoms with E-state index in [9.17, 15) is 4.79 Å². The number of hydrogen-bond donors (Lipinski definition) is 3. The highest BCUT2D eigenvalue weighted by Crippen LogP contribution is 2.32. The first-order chi connectivity index (χ1) is 9.20. The molecule has 1 aromatic carbocycles. The van der Waals surface area contributed by atoms with Crippen LogP contribution in [0.1, 0.15) is 31.7 Å². The molecule has 104 valence electrons. The van der Waals surface area contributed by atoms with Gasteiger partial charge in [-0.2, -0.15) is 0 Å². The van der Waals surface area contributed by atoms with Gasteiger partial charge in [-0.25, -0.2) is 0 Å². The van der Waals surface area contributed by atoms with Crippen molar-refractivity contribution in [3.05, 3.63) is 29.8 Å². The summed E-state index contributed by atoms with van der Waals surface area (Å²) >= 11 is 0. The van der Waals surface area contributed by atoms with Gasteiger partial charge in [-0.15, -0.1) is 0 Å². The summed E-state index contributed by atoms with van der Waals surface area (Å²) in [5.74, 6) is 0.107. The average molecular weight is 262 g/mol. The Morgan fingerprint density at radius 3 is 2.68 bits per heavy atom. The van der Waals surface area contributed by atoms with Crippen LogP contribution in [0.25, 0.3) is 0 Å². The van der Waals surface area contributed by atoms with Crippen LogP contribution in [-0.4, -0.2) is 24.1 Å². The molecule has 1 fully saturated rings. The molecule has 1 aliphatic heterocycles. The predicted octanol–water partition coefficient (Wildman–Crippen LogP) is 1.90. The maximum absolute atomic E-state index is 12.5. The molecule has 1 heterocycles. The summed E-state index contributed by atoms with van der Waals surface area (Å²) in [6.45, 7) is 3.82. The van der Waals surface area contributed by atoms with Gasteiger partial charge in [-0.05, 0) is 37.1 Å². The molecule has 3 N–H and O–H groups in total. The zero-order chi connectivity index (χ0) is 13.7. The Bertz CT molecular complexity index is 422.